The third-order valence-corrected chi connectivity index (χ3v) is 15.0. The van der Waals surface area contributed by atoms with E-state index in [1.165, 1.54) is 51.1 Å². The Morgan fingerprint density at radius 3 is 1.16 bits per heavy atom. The molecule has 0 spiro atoms. The van der Waals surface area contributed by atoms with Gasteiger partial charge in [-0.3, -0.25) is 0 Å². The number of hydrogen-bond acceptors (Lipinski definition) is 6. The molecule has 0 saturated heterocycles. The lowest BCUT2D eigenvalue weighted by Gasteiger charge is -2.25. The zero-order chi connectivity index (χ0) is 41.9. The van der Waals surface area contributed by atoms with E-state index in [4.69, 9.17) is 8.83 Å². The summed E-state index contributed by atoms with van der Waals surface area (Å²) in [5, 5.41) is 12.1. The summed E-state index contributed by atoms with van der Waals surface area (Å²) in [5.74, 6) is 0. The molecule has 6 heteroatoms. The number of benzene rings is 10. The van der Waals surface area contributed by atoms with Crippen molar-refractivity contribution in [3.8, 4) is 0 Å². The Bertz CT molecular complexity index is 3890. The van der Waals surface area contributed by atoms with E-state index in [9.17, 15) is 0 Å². The third kappa shape index (κ3) is 5.40. The zero-order valence-electron chi connectivity index (χ0n) is 34.2. The predicted octanol–water partition coefficient (Wildman–Crippen LogP) is 18.3. The molecule has 0 fully saturated rings. The SMILES string of the molecule is c1ccc(N(c2ccc3c(c2)sc2cc4cc5c(cc4cc23)sc2cc(N(c3ccccc3)c3cccc4c3oc3ccccc34)ccc25)c2cccc3c2oc2ccccc23)cc1. The van der Waals surface area contributed by atoms with Crippen molar-refractivity contribution >= 4 is 152 Å². The highest BCUT2D eigenvalue weighted by molar-refractivity contribution is 7.26. The van der Waals surface area contributed by atoms with E-state index in [1.54, 1.807) is 0 Å². The first-order valence-electron chi connectivity index (χ1n) is 21.5. The summed E-state index contributed by atoms with van der Waals surface area (Å²) in [5.41, 5.74) is 9.93. The number of nitrogens with zero attached hydrogens (tertiary/aromatic N) is 2. The fraction of sp³-hybridized carbons (Fsp3) is 0. The van der Waals surface area contributed by atoms with E-state index in [0.717, 1.165) is 78.0 Å². The first-order valence-corrected chi connectivity index (χ1v) is 23.1. The maximum atomic E-state index is 6.57. The highest BCUT2D eigenvalue weighted by atomic mass is 32.1. The molecule has 300 valence electrons. The average Bonchev–Trinajstić information content (AvgIpc) is 4.11. The molecule has 0 radical (unpaired) electrons. The first-order chi connectivity index (χ1) is 31.7. The standard InChI is InChI=1S/C58H34N2O2S2/c1-3-13-37(14-4-1)59(49-21-11-19-45-41-17-7-9-23-51(41)61-57(45)49)39-25-27-43-47-29-35-32-54-48(30-36(35)31-53(47)63-55(43)33-39)44-28-26-40(34-56(44)64-54)60(38-15-5-2-6-16-38)50-22-12-20-46-42-18-8-10-24-52(42)62-58(46)50/h1-34H. The molecule has 64 heavy (non-hydrogen) atoms. The summed E-state index contributed by atoms with van der Waals surface area (Å²) >= 11 is 3.72. The van der Waals surface area contributed by atoms with Crippen LogP contribution in [0.3, 0.4) is 0 Å². The van der Waals surface area contributed by atoms with Crippen LogP contribution in [0.5, 0.6) is 0 Å². The van der Waals surface area contributed by atoms with Crippen molar-refractivity contribution in [1.29, 1.82) is 0 Å². The van der Waals surface area contributed by atoms with Gasteiger partial charge in [-0.1, -0.05) is 109 Å². The number of thiophene rings is 2. The lowest BCUT2D eigenvalue weighted by molar-refractivity contribution is 0.668. The van der Waals surface area contributed by atoms with Crippen molar-refractivity contribution in [2.45, 2.75) is 0 Å². The molecule has 4 aromatic heterocycles. The molecule has 0 aliphatic heterocycles. The summed E-state index contributed by atoms with van der Waals surface area (Å²) in [4.78, 5) is 4.65. The van der Waals surface area contributed by atoms with Crippen molar-refractivity contribution in [3.05, 3.63) is 206 Å². The van der Waals surface area contributed by atoms with E-state index in [2.05, 4.69) is 192 Å². The topological polar surface area (TPSA) is 32.8 Å². The van der Waals surface area contributed by atoms with Crippen LogP contribution in [0.2, 0.25) is 0 Å². The maximum absolute atomic E-state index is 6.57. The van der Waals surface area contributed by atoms with E-state index >= 15 is 0 Å². The van der Waals surface area contributed by atoms with E-state index in [0.29, 0.717) is 0 Å². The minimum Gasteiger partial charge on any atom is -0.454 e. The second-order valence-corrected chi connectivity index (χ2v) is 18.6. The second-order valence-electron chi connectivity index (χ2n) is 16.5. The summed E-state index contributed by atoms with van der Waals surface area (Å²) in [6.07, 6.45) is 0. The Labute approximate surface area is 374 Å². The smallest absolute Gasteiger partial charge is 0.159 e. The summed E-state index contributed by atoms with van der Waals surface area (Å²) < 4.78 is 18.2. The molecule has 0 atom stereocenters. The van der Waals surface area contributed by atoms with Gasteiger partial charge in [-0.05, 0) is 108 Å². The van der Waals surface area contributed by atoms with Gasteiger partial charge in [0.2, 0.25) is 0 Å². The quantitative estimate of drug-likeness (QED) is 0.167. The van der Waals surface area contributed by atoms with Crippen LogP contribution in [0.15, 0.2) is 215 Å². The highest BCUT2D eigenvalue weighted by Gasteiger charge is 2.22. The van der Waals surface area contributed by atoms with E-state index < -0.39 is 0 Å². The molecule has 0 unspecified atom stereocenters. The monoisotopic (exact) mass is 854 g/mol. The fourth-order valence-electron chi connectivity index (χ4n) is 9.87. The van der Waals surface area contributed by atoms with Crippen LogP contribution in [0.1, 0.15) is 0 Å². The van der Waals surface area contributed by atoms with Crippen LogP contribution in [0.25, 0.3) is 95.0 Å². The summed E-state index contributed by atoms with van der Waals surface area (Å²) in [6, 6.07) is 74.1. The number of para-hydroxylation sites is 6. The normalized spacial score (nSPS) is 12.1. The average molecular weight is 855 g/mol. The van der Waals surface area contributed by atoms with Gasteiger partial charge < -0.3 is 18.6 Å². The zero-order valence-corrected chi connectivity index (χ0v) is 35.8. The van der Waals surface area contributed by atoms with Crippen LogP contribution in [-0.4, -0.2) is 0 Å². The molecular weight excluding hydrogens is 821 g/mol. The summed E-state index contributed by atoms with van der Waals surface area (Å²) in [7, 11) is 0. The third-order valence-electron chi connectivity index (χ3n) is 12.8. The molecule has 4 nitrogen and oxygen atoms in total. The second kappa shape index (κ2) is 13.8. The molecule has 0 N–H and O–H groups in total. The van der Waals surface area contributed by atoms with Gasteiger partial charge in [-0.2, -0.15) is 0 Å². The number of hydrogen-bond donors (Lipinski definition) is 0. The molecule has 0 saturated carbocycles. The van der Waals surface area contributed by atoms with Crippen LogP contribution in [0.4, 0.5) is 34.1 Å². The van der Waals surface area contributed by atoms with Gasteiger partial charge in [-0.25, -0.2) is 0 Å². The molecule has 0 aliphatic carbocycles. The van der Waals surface area contributed by atoms with Crippen LogP contribution in [-0.2, 0) is 0 Å². The molecule has 0 aliphatic rings. The fourth-order valence-corrected chi connectivity index (χ4v) is 12.2. The van der Waals surface area contributed by atoms with Gasteiger partial charge in [0, 0.05) is 84.6 Å². The lowest BCUT2D eigenvalue weighted by Crippen LogP contribution is -2.09. The Balaban J connectivity index is 0.883. The largest absolute Gasteiger partial charge is 0.454 e. The number of anilines is 6. The van der Waals surface area contributed by atoms with Crippen molar-refractivity contribution in [2.75, 3.05) is 9.80 Å². The molecule has 4 heterocycles. The molecule has 14 aromatic rings. The van der Waals surface area contributed by atoms with Crippen molar-refractivity contribution in [3.63, 3.8) is 0 Å². The van der Waals surface area contributed by atoms with Crippen molar-refractivity contribution in [1.82, 2.24) is 0 Å². The minimum atomic E-state index is 0.882. The Kier molecular flexibility index (Phi) is 7.69. The first kappa shape index (κ1) is 35.7. The number of fused-ring (bicyclic) bond motifs is 13. The van der Waals surface area contributed by atoms with Crippen molar-refractivity contribution in [2.24, 2.45) is 0 Å². The summed E-state index contributed by atoms with van der Waals surface area (Å²) in [6.45, 7) is 0. The Morgan fingerprint density at radius 1 is 0.281 bits per heavy atom. The molecule has 0 bridgehead atoms. The molecular formula is C58H34N2O2S2. The molecule has 10 aromatic carbocycles. The van der Waals surface area contributed by atoms with Crippen LogP contribution >= 0.6 is 22.7 Å². The highest BCUT2D eigenvalue weighted by Crippen LogP contribution is 2.48. The minimum absolute atomic E-state index is 0.882. The number of rotatable bonds is 6. The Hall–Kier alpha value is -7.90. The Morgan fingerprint density at radius 2 is 0.688 bits per heavy atom. The van der Waals surface area contributed by atoms with E-state index in [1.807, 2.05) is 46.9 Å². The van der Waals surface area contributed by atoms with Gasteiger partial charge in [0.15, 0.2) is 11.2 Å². The van der Waals surface area contributed by atoms with Gasteiger partial charge in [-0.15, -0.1) is 22.7 Å². The van der Waals surface area contributed by atoms with Crippen LogP contribution < -0.4 is 9.80 Å². The van der Waals surface area contributed by atoms with E-state index in [-0.39, 0.29) is 0 Å². The van der Waals surface area contributed by atoms with Crippen LogP contribution in [0, 0.1) is 0 Å². The predicted molar refractivity (Wildman–Crippen MR) is 274 cm³/mol. The van der Waals surface area contributed by atoms with Gasteiger partial charge in [0.25, 0.3) is 0 Å². The maximum Gasteiger partial charge on any atom is 0.159 e. The lowest BCUT2D eigenvalue weighted by atomic mass is 10.0. The molecule has 14 rings (SSSR count). The molecule has 0 amide bonds. The van der Waals surface area contributed by atoms with Gasteiger partial charge >= 0.3 is 0 Å². The van der Waals surface area contributed by atoms with Gasteiger partial charge in [0.05, 0.1) is 11.4 Å². The van der Waals surface area contributed by atoms with Gasteiger partial charge in [0.1, 0.15) is 11.2 Å². The number of furan rings is 2. The van der Waals surface area contributed by atoms with Crippen molar-refractivity contribution < 1.29 is 8.83 Å².